The molecular formula is C18H19N5O6S. The van der Waals surface area contributed by atoms with E-state index in [1.165, 1.54) is 56.4 Å². The van der Waals surface area contributed by atoms with Gasteiger partial charge in [-0.2, -0.15) is 9.41 Å². The predicted molar refractivity (Wildman–Crippen MR) is 109 cm³/mol. The number of likely N-dealkylation sites (N-methyl/N-ethyl adjacent to an activating group) is 1. The lowest BCUT2D eigenvalue weighted by Crippen LogP contribution is -2.36. The Morgan fingerprint density at radius 1 is 1.17 bits per heavy atom. The zero-order valence-electron chi connectivity index (χ0n) is 16.1. The van der Waals surface area contributed by atoms with Crippen LogP contribution in [0.4, 0.5) is 11.4 Å². The van der Waals surface area contributed by atoms with E-state index in [0.717, 1.165) is 10.5 Å². The molecule has 0 radical (unpaired) electrons. The van der Waals surface area contributed by atoms with Crippen LogP contribution in [0.2, 0.25) is 0 Å². The Morgan fingerprint density at radius 2 is 1.80 bits per heavy atom. The first-order valence-electron chi connectivity index (χ1n) is 8.50. The lowest BCUT2D eigenvalue weighted by molar-refractivity contribution is -0.385. The van der Waals surface area contributed by atoms with E-state index in [1.54, 1.807) is 6.07 Å². The number of nitrogens with one attached hydrogen (secondary N) is 2. The van der Waals surface area contributed by atoms with Gasteiger partial charge < -0.3 is 5.32 Å². The van der Waals surface area contributed by atoms with Crippen LogP contribution in [0.25, 0.3) is 0 Å². The summed E-state index contributed by atoms with van der Waals surface area (Å²) in [5, 5.41) is 17.1. The Bertz CT molecular complexity index is 1080. The fourth-order valence-electron chi connectivity index (χ4n) is 2.35. The Kier molecular flexibility index (Phi) is 7.33. The molecule has 2 rings (SSSR count). The van der Waals surface area contributed by atoms with Crippen LogP contribution in [-0.2, 0) is 19.6 Å². The number of nitrogens with zero attached hydrogens (tertiary/aromatic N) is 3. The van der Waals surface area contributed by atoms with Crippen molar-refractivity contribution in [3.05, 3.63) is 64.2 Å². The molecule has 0 aliphatic rings. The van der Waals surface area contributed by atoms with E-state index in [-0.39, 0.29) is 22.1 Å². The molecule has 0 aromatic heterocycles. The first-order valence-corrected chi connectivity index (χ1v) is 9.94. The monoisotopic (exact) mass is 433 g/mol. The van der Waals surface area contributed by atoms with Gasteiger partial charge in [-0.15, -0.1) is 0 Å². The number of para-hydroxylation sites is 1. The van der Waals surface area contributed by atoms with Crippen LogP contribution in [-0.4, -0.2) is 49.3 Å². The number of nitro benzene ring substituents is 1. The molecule has 0 unspecified atom stereocenters. The van der Waals surface area contributed by atoms with Crippen molar-refractivity contribution >= 4 is 39.4 Å². The van der Waals surface area contributed by atoms with Crippen molar-refractivity contribution in [1.29, 1.82) is 0 Å². The summed E-state index contributed by atoms with van der Waals surface area (Å²) in [7, 11) is -2.73. The largest absolute Gasteiger partial charge is 0.326 e. The highest BCUT2D eigenvalue weighted by atomic mass is 32.2. The Balaban J connectivity index is 2.01. The van der Waals surface area contributed by atoms with Gasteiger partial charge in [0, 0.05) is 25.7 Å². The third-order valence-electron chi connectivity index (χ3n) is 3.78. The molecule has 12 heteroatoms. The van der Waals surface area contributed by atoms with Gasteiger partial charge in [-0.05, 0) is 30.3 Å². The second-order valence-corrected chi connectivity index (χ2v) is 8.12. The van der Waals surface area contributed by atoms with Crippen molar-refractivity contribution in [2.24, 2.45) is 5.10 Å². The highest BCUT2D eigenvalue weighted by Gasteiger charge is 2.23. The lowest BCUT2D eigenvalue weighted by atomic mass is 10.2. The molecular weight excluding hydrogens is 414 g/mol. The number of sulfonamides is 1. The average Bonchev–Trinajstić information content (AvgIpc) is 2.68. The molecule has 0 aliphatic heterocycles. The average molecular weight is 433 g/mol. The van der Waals surface area contributed by atoms with E-state index in [9.17, 15) is 28.1 Å². The second-order valence-electron chi connectivity index (χ2n) is 6.08. The molecule has 2 aromatic rings. The summed E-state index contributed by atoms with van der Waals surface area (Å²) in [6.07, 6.45) is 1.10. The predicted octanol–water partition coefficient (Wildman–Crippen LogP) is 1.32. The van der Waals surface area contributed by atoms with E-state index < -0.39 is 27.4 Å². The van der Waals surface area contributed by atoms with Crippen molar-refractivity contribution in [3.8, 4) is 0 Å². The number of hydrazone groups is 1. The lowest BCUT2D eigenvalue weighted by Gasteiger charge is -2.16. The van der Waals surface area contributed by atoms with Crippen molar-refractivity contribution < 1.29 is 22.9 Å². The van der Waals surface area contributed by atoms with E-state index in [0.29, 0.717) is 5.69 Å². The molecule has 0 atom stereocenters. The van der Waals surface area contributed by atoms with Gasteiger partial charge in [0.2, 0.25) is 15.9 Å². The number of carbonyl (C=O) groups excluding carboxylic acids is 2. The van der Waals surface area contributed by atoms with Gasteiger partial charge in [0.15, 0.2) is 0 Å². The molecule has 0 heterocycles. The maximum absolute atomic E-state index is 12.6. The molecule has 0 saturated heterocycles. The highest BCUT2D eigenvalue weighted by Crippen LogP contribution is 2.17. The summed E-state index contributed by atoms with van der Waals surface area (Å²) in [5.41, 5.74) is 2.57. The second kappa shape index (κ2) is 9.71. The van der Waals surface area contributed by atoms with Crippen LogP contribution >= 0.6 is 0 Å². The molecule has 0 bridgehead atoms. The fraction of sp³-hybridized carbons (Fsp3) is 0.167. The van der Waals surface area contributed by atoms with Gasteiger partial charge in [-0.25, -0.2) is 13.8 Å². The van der Waals surface area contributed by atoms with Crippen LogP contribution in [0.3, 0.4) is 0 Å². The van der Waals surface area contributed by atoms with Crippen LogP contribution in [0.5, 0.6) is 0 Å². The standard InChI is InChI=1S/C18H19N5O6S/c1-13(24)20-15-7-9-16(10-8-15)30(28,29)22(2)12-18(25)21-19-11-14-5-3-4-6-17(14)23(26)27/h3-11H,12H2,1-2H3,(H,20,24)(H,21,25)/b19-11+. The topological polar surface area (TPSA) is 151 Å². The molecule has 2 N–H and O–H groups in total. The quantitative estimate of drug-likeness (QED) is 0.364. The van der Waals surface area contributed by atoms with E-state index in [2.05, 4.69) is 15.8 Å². The van der Waals surface area contributed by atoms with Gasteiger partial charge in [0.1, 0.15) is 0 Å². The summed E-state index contributed by atoms with van der Waals surface area (Å²) < 4.78 is 26.0. The first-order chi connectivity index (χ1) is 14.1. The molecule has 2 aromatic carbocycles. The third kappa shape index (κ3) is 5.93. The van der Waals surface area contributed by atoms with Gasteiger partial charge in [0.05, 0.1) is 28.1 Å². The first kappa shape index (κ1) is 22.6. The number of hydrogen-bond acceptors (Lipinski definition) is 7. The minimum Gasteiger partial charge on any atom is -0.326 e. The molecule has 0 saturated carbocycles. The molecule has 2 amide bonds. The van der Waals surface area contributed by atoms with Crippen LogP contribution in [0, 0.1) is 10.1 Å². The van der Waals surface area contributed by atoms with E-state index in [1.807, 2.05) is 0 Å². The van der Waals surface area contributed by atoms with E-state index in [4.69, 9.17) is 0 Å². The zero-order chi connectivity index (χ0) is 22.3. The minimum atomic E-state index is -3.96. The smallest absolute Gasteiger partial charge is 0.278 e. The Labute approximate surface area is 172 Å². The summed E-state index contributed by atoms with van der Waals surface area (Å²) >= 11 is 0. The number of nitro groups is 1. The van der Waals surface area contributed by atoms with Crippen LogP contribution in [0.1, 0.15) is 12.5 Å². The normalized spacial score (nSPS) is 11.4. The Morgan fingerprint density at radius 3 is 2.40 bits per heavy atom. The number of hydrogen-bond donors (Lipinski definition) is 2. The number of carbonyl (C=O) groups is 2. The minimum absolute atomic E-state index is 0.0599. The van der Waals surface area contributed by atoms with E-state index >= 15 is 0 Å². The highest BCUT2D eigenvalue weighted by molar-refractivity contribution is 7.89. The number of benzene rings is 2. The van der Waals surface area contributed by atoms with Crippen molar-refractivity contribution in [2.75, 3.05) is 18.9 Å². The SMILES string of the molecule is CC(=O)Nc1ccc(S(=O)(=O)N(C)CC(=O)N/N=C/c2ccccc2[N+](=O)[O-])cc1. The summed E-state index contributed by atoms with van der Waals surface area (Å²) in [5.74, 6) is -1.02. The van der Waals surface area contributed by atoms with Crippen LogP contribution in [0.15, 0.2) is 58.5 Å². The Hall–Kier alpha value is -3.64. The van der Waals surface area contributed by atoms with Gasteiger partial charge in [-0.1, -0.05) is 12.1 Å². The maximum Gasteiger partial charge on any atom is 0.278 e. The van der Waals surface area contributed by atoms with Crippen molar-refractivity contribution in [3.63, 3.8) is 0 Å². The van der Waals surface area contributed by atoms with Crippen molar-refractivity contribution in [2.45, 2.75) is 11.8 Å². The van der Waals surface area contributed by atoms with Crippen LogP contribution < -0.4 is 10.7 Å². The fourth-order valence-corrected chi connectivity index (χ4v) is 3.48. The maximum atomic E-state index is 12.6. The molecule has 158 valence electrons. The molecule has 11 nitrogen and oxygen atoms in total. The molecule has 0 fully saturated rings. The third-order valence-corrected chi connectivity index (χ3v) is 5.59. The van der Waals surface area contributed by atoms with Crippen molar-refractivity contribution in [1.82, 2.24) is 9.73 Å². The number of amides is 2. The van der Waals surface area contributed by atoms with Gasteiger partial charge >= 0.3 is 0 Å². The molecule has 30 heavy (non-hydrogen) atoms. The van der Waals surface area contributed by atoms with Gasteiger partial charge in [-0.3, -0.25) is 19.7 Å². The summed E-state index contributed by atoms with van der Waals surface area (Å²) in [4.78, 5) is 33.3. The summed E-state index contributed by atoms with van der Waals surface area (Å²) in [6.45, 7) is 0.805. The zero-order valence-corrected chi connectivity index (χ0v) is 16.9. The summed E-state index contributed by atoms with van der Waals surface area (Å²) in [6, 6.07) is 11.3. The molecule has 0 spiro atoms. The van der Waals surface area contributed by atoms with Gasteiger partial charge in [0.25, 0.3) is 11.6 Å². The molecule has 0 aliphatic carbocycles. The number of rotatable bonds is 8. The number of anilines is 1.